The van der Waals surface area contributed by atoms with Crippen molar-refractivity contribution in [2.75, 3.05) is 33.6 Å². The molecule has 5 amide bonds. The first-order valence-electron chi connectivity index (χ1n) is 24.2. The summed E-state index contributed by atoms with van der Waals surface area (Å²) >= 11 is 0. The highest BCUT2D eigenvalue weighted by molar-refractivity contribution is 7.90. The first kappa shape index (κ1) is 55.2. The van der Waals surface area contributed by atoms with Crippen LogP contribution in [0, 0.1) is 36.5 Å². The molecule has 0 bridgehead atoms. The molecule has 20 heteroatoms. The van der Waals surface area contributed by atoms with Gasteiger partial charge in [0.15, 0.2) is 0 Å². The molecule has 0 unspecified atom stereocenters. The summed E-state index contributed by atoms with van der Waals surface area (Å²) < 4.78 is 42.3. The molecule has 4 heterocycles. The molecule has 5 rings (SSSR count). The lowest BCUT2D eigenvalue weighted by Gasteiger charge is -2.40. The standard InChI is InChI=1S/C50H71N9O10S/c1-10-33(4)47(56(7)50(65)39(32(2)3)28-43-51-22-21-34(5)52-43)42(68-8)29-46(63)58-24-14-18-40(58)48(69-9)35(6)41(60)27-37(26-36-16-12-11-13-17-36)49(64)54-70(66,67)25-15-23-57-30-38(53-55-57)31-59-44(61)19-20-45(59)62/h11-13,16-17,19-22,30,32-33,35,37,39-40,42,47-48H,10,14-15,18,23-29,31H2,1-9H3,(H,54,64)/t33-,35-,37+,39-,40-,42+,47-,48+/m0/s1. The Kier molecular flexibility index (Phi) is 20.0. The zero-order valence-corrected chi connectivity index (χ0v) is 42.8. The number of nitrogens with one attached hydrogen (secondary N) is 1. The molecule has 2 aromatic heterocycles. The van der Waals surface area contributed by atoms with Gasteiger partial charge in [0, 0.05) is 89.0 Å². The van der Waals surface area contributed by atoms with Gasteiger partial charge in [-0.2, -0.15) is 0 Å². The molecule has 0 aliphatic carbocycles. The largest absolute Gasteiger partial charge is 0.379 e. The number of hydrogen-bond donors (Lipinski definition) is 1. The summed E-state index contributed by atoms with van der Waals surface area (Å²) in [5.41, 5.74) is 1.90. The van der Waals surface area contributed by atoms with Gasteiger partial charge in [0.2, 0.25) is 27.7 Å². The number of likely N-dealkylation sites (N-methyl/N-ethyl adjacent to an activating group) is 1. The second-order valence-corrected chi connectivity index (χ2v) is 20.9. The molecule has 1 N–H and O–H groups in total. The Hall–Kier alpha value is -5.73. The SMILES string of the molecule is CC[C@H](C)[C@@H]([C@@H](CC(=O)N1CCC[C@H]1[C@H](OC)[C@@H](C)C(=O)C[C@@H](Cc1ccccc1)C(=O)NS(=O)(=O)CCCn1cc(CN2C(=O)C=CC2=O)nn1)OC)N(C)C(=O)[C@@H](Cc1nccc(C)n1)C(C)C. The van der Waals surface area contributed by atoms with Gasteiger partial charge in [-0.05, 0) is 56.1 Å². The summed E-state index contributed by atoms with van der Waals surface area (Å²) in [5, 5.41) is 7.94. The number of ether oxygens (including phenoxy) is 2. The number of rotatable bonds is 27. The first-order valence-corrected chi connectivity index (χ1v) is 25.9. The first-order chi connectivity index (χ1) is 33.3. The average molecular weight is 990 g/mol. The molecular formula is C50H71N9O10S. The van der Waals surface area contributed by atoms with Crippen LogP contribution in [-0.4, -0.2) is 141 Å². The molecule has 1 fully saturated rings. The van der Waals surface area contributed by atoms with Gasteiger partial charge in [-0.3, -0.25) is 43.1 Å². The van der Waals surface area contributed by atoms with Crippen LogP contribution >= 0.6 is 0 Å². The van der Waals surface area contributed by atoms with Crippen molar-refractivity contribution in [1.82, 2.24) is 44.4 Å². The number of methoxy groups -OCH3 is 2. The van der Waals surface area contributed by atoms with E-state index in [0.717, 1.165) is 22.6 Å². The molecule has 1 aromatic carbocycles. The van der Waals surface area contributed by atoms with Crippen molar-refractivity contribution in [1.29, 1.82) is 0 Å². The van der Waals surface area contributed by atoms with Crippen LogP contribution in [0.4, 0.5) is 0 Å². The van der Waals surface area contributed by atoms with Gasteiger partial charge in [0.05, 0.1) is 49.2 Å². The summed E-state index contributed by atoms with van der Waals surface area (Å²) in [5.74, 6) is -4.44. The van der Waals surface area contributed by atoms with Crippen LogP contribution in [0.2, 0.25) is 0 Å². The Morgan fingerprint density at radius 3 is 2.29 bits per heavy atom. The number of carbonyl (C=O) groups is 6. The fourth-order valence-corrected chi connectivity index (χ4v) is 10.6. The van der Waals surface area contributed by atoms with Crippen molar-refractivity contribution in [3.8, 4) is 0 Å². The average Bonchev–Trinajstić information content (AvgIpc) is 4.08. The van der Waals surface area contributed by atoms with E-state index < -0.39 is 75.5 Å². The number of hydrogen-bond acceptors (Lipinski definition) is 14. The zero-order chi connectivity index (χ0) is 51.3. The smallest absolute Gasteiger partial charge is 0.253 e. The van der Waals surface area contributed by atoms with E-state index in [1.807, 2.05) is 39.8 Å². The maximum atomic E-state index is 14.4. The van der Waals surface area contributed by atoms with E-state index in [1.165, 1.54) is 30.1 Å². The Morgan fingerprint density at radius 1 is 0.957 bits per heavy atom. The van der Waals surface area contributed by atoms with E-state index in [-0.39, 0.29) is 68.2 Å². The predicted molar refractivity (Wildman–Crippen MR) is 259 cm³/mol. The van der Waals surface area contributed by atoms with Crippen molar-refractivity contribution in [2.45, 2.75) is 130 Å². The molecule has 2 aliphatic heterocycles. The summed E-state index contributed by atoms with van der Waals surface area (Å²) in [7, 11) is 0.660. The Balaban J connectivity index is 1.24. The van der Waals surface area contributed by atoms with Crippen LogP contribution in [0.15, 0.2) is 60.9 Å². The van der Waals surface area contributed by atoms with Crippen LogP contribution in [0.25, 0.3) is 0 Å². The van der Waals surface area contributed by atoms with Crippen LogP contribution in [-0.2, 0) is 74.2 Å². The van der Waals surface area contributed by atoms with Gasteiger partial charge >= 0.3 is 0 Å². The highest BCUT2D eigenvalue weighted by Gasteiger charge is 2.43. The van der Waals surface area contributed by atoms with E-state index in [2.05, 4.69) is 31.9 Å². The molecule has 1 saturated heterocycles. The van der Waals surface area contributed by atoms with Crippen LogP contribution < -0.4 is 4.72 Å². The zero-order valence-electron chi connectivity index (χ0n) is 42.0. The second-order valence-electron chi connectivity index (χ2n) is 19.0. The topological polar surface area (TPSA) is 233 Å². The monoisotopic (exact) mass is 990 g/mol. The van der Waals surface area contributed by atoms with Gasteiger partial charge in [0.1, 0.15) is 17.3 Å². The van der Waals surface area contributed by atoms with Gasteiger partial charge < -0.3 is 19.3 Å². The summed E-state index contributed by atoms with van der Waals surface area (Å²) in [6.07, 6.45) is 6.36. The molecular weight excluding hydrogens is 919 g/mol. The number of ketones is 1. The predicted octanol–water partition coefficient (Wildman–Crippen LogP) is 3.89. The van der Waals surface area contributed by atoms with E-state index in [1.54, 1.807) is 61.3 Å². The summed E-state index contributed by atoms with van der Waals surface area (Å²) in [6.45, 7) is 12.2. The van der Waals surface area contributed by atoms with Crippen molar-refractivity contribution in [3.63, 3.8) is 0 Å². The van der Waals surface area contributed by atoms with Crippen LogP contribution in [0.3, 0.4) is 0 Å². The van der Waals surface area contributed by atoms with Gasteiger partial charge in [0.25, 0.3) is 11.8 Å². The van der Waals surface area contributed by atoms with Gasteiger partial charge in [-0.15, -0.1) is 5.10 Å². The van der Waals surface area contributed by atoms with Gasteiger partial charge in [-0.25, -0.2) is 18.4 Å². The van der Waals surface area contributed by atoms with Crippen molar-refractivity contribution < 1.29 is 46.7 Å². The van der Waals surface area contributed by atoms with Crippen LogP contribution in [0.5, 0.6) is 0 Å². The number of imide groups is 1. The van der Waals surface area contributed by atoms with Gasteiger partial charge in [-0.1, -0.05) is 76.6 Å². The number of amides is 5. The third-order valence-electron chi connectivity index (χ3n) is 13.7. The molecule has 0 radical (unpaired) electrons. The van der Waals surface area contributed by atoms with Crippen molar-refractivity contribution in [3.05, 3.63) is 83.7 Å². The second kappa shape index (κ2) is 25.4. The minimum absolute atomic E-state index is 0.0103. The maximum absolute atomic E-state index is 14.4. The Labute approximate surface area is 412 Å². The van der Waals surface area contributed by atoms with E-state index in [0.29, 0.717) is 37.3 Å². The molecule has 382 valence electrons. The van der Waals surface area contributed by atoms with E-state index >= 15 is 0 Å². The molecule has 0 spiro atoms. The number of aromatic nitrogens is 5. The lowest BCUT2D eigenvalue weighted by atomic mass is 9.85. The van der Waals surface area contributed by atoms with E-state index in [9.17, 15) is 37.2 Å². The minimum Gasteiger partial charge on any atom is -0.379 e. The van der Waals surface area contributed by atoms with Crippen molar-refractivity contribution in [2.24, 2.45) is 29.6 Å². The third-order valence-corrected chi connectivity index (χ3v) is 15.1. The molecule has 19 nitrogen and oxygen atoms in total. The molecule has 0 saturated carbocycles. The molecule has 8 atom stereocenters. The summed E-state index contributed by atoms with van der Waals surface area (Å²) in [4.78, 5) is 94.3. The Morgan fingerprint density at radius 2 is 1.66 bits per heavy atom. The molecule has 2 aliphatic rings. The van der Waals surface area contributed by atoms with Crippen LogP contribution in [0.1, 0.15) is 95.9 Å². The normalized spacial score (nSPS) is 18.1. The lowest BCUT2D eigenvalue weighted by Crippen LogP contribution is -2.54. The third kappa shape index (κ3) is 14.7. The number of benzene rings is 1. The number of likely N-dealkylation sites (tertiary alicyclic amines) is 1. The van der Waals surface area contributed by atoms with E-state index in [4.69, 9.17) is 9.47 Å². The molecule has 70 heavy (non-hydrogen) atoms. The highest BCUT2D eigenvalue weighted by Crippen LogP contribution is 2.31. The fourth-order valence-electron chi connectivity index (χ4n) is 9.56. The maximum Gasteiger partial charge on any atom is 0.253 e. The number of Topliss-reactive ketones (excluding diaryl/α,β-unsaturated/α-hetero) is 1. The fraction of sp³-hybridized carbons (Fsp3) is 0.600. The highest BCUT2D eigenvalue weighted by atomic mass is 32.2. The number of nitrogens with zero attached hydrogens (tertiary/aromatic N) is 8. The quantitative estimate of drug-likeness (QED) is 0.107. The number of sulfonamides is 1. The lowest BCUT2D eigenvalue weighted by molar-refractivity contribution is -0.148. The van der Waals surface area contributed by atoms with Crippen molar-refractivity contribution >= 4 is 45.3 Å². The summed E-state index contributed by atoms with van der Waals surface area (Å²) in [6, 6.07) is 9.93. The number of aryl methyl sites for hydroxylation is 2. The minimum atomic E-state index is -4.16. The Bertz CT molecular complexity index is 2410. The number of carbonyl (C=O) groups excluding carboxylic acids is 6. The molecule has 3 aromatic rings.